The maximum absolute atomic E-state index is 12.4. The quantitative estimate of drug-likeness (QED) is 0.616. The van der Waals surface area contributed by atoms with Crippen molar-refractivity contribution in [2.24, 2.45) is 0 Å². The summed E-state index contributed by atoms with van der Waals surface area (Å²) in [6, 6.07) is 14.1. The Labute approximate surface area is 151 Å². The second kappa shape index (κ2) is 8.58. The van der Waals surface area contributed by atoms with Crippen LogP contribution in [-0.4, -0.2) is 34.0 Å². The molecule has 130 valence electrons. The first-order chi connectivity index (χ1) is 12.3. The molecule has 0 spiro atoms. The number of hydrogen-bond donors (Lipinski definition) is 0. The van der Waals surface area contributed by atoms with Crippen LogP contribution in [0.3, 0.4) is 0 Å². The van der Waals surface area contributed by atoms with Crippen LogP contribution in [0.1, 0.15) is 24.8 Å². The molecule has 0 N–H and O–H groups in total. The smallest absolute Gasteiger partial charge is 0.227 e. The van der Waals surface area contributed by atoms with Gasteiger partial charge in [0.2, 0.25) is 17.6 Å². The highest BCUT2D eigenvalue weighted by atomic mass is 32.1. The van der Waals surface area contributed by atoms with Gasteiger partial charge in [-0.1, -0.05) is 41.6 Å². The SMILES string of the molecule is CCN(CCc1ccccc1)C(=O)CCc1nc(-c2cccs2)no1. The zero-order chi connectivity index (χ0) is 17.5. The van der Waals surface area contributed by atoms with Crippen LogP contribution < -0.4 is 0 Å². The largest absolute Gasteiger partial charge is 0.343 e. The average molecular weight is 355 g/mol. The minimum Gasteiger partial charge on any atom is -0.343 e. The third kappa shape index (κ3) is 4.76. The van der Waals surface area contributed by atoms with Gasteiger partial charge >= 0.3 is 0 Å². The third-order valence-electron chi connectivity index (χ3n) is 4.01. The van der Waals surface area contributed by atoms with Gasteiger partial charge < -0.3 is 9.42 Å². The van der Waals surface area contributed by atoms with E-state index in [2.05, 4.69) is 22.3 Å². The number of aryl methyl sites for hydroxylation is 1. The number of hydrogen-bond acceptors (Lipinski definition) is 5. The topological polar surface area (TPSA) is 59.2 Å². The lowest BCUT2D eigenvalue weighted by molar-refractivity contribution is -0.131. The van der Waals surface area contributed by atoms with Gasteiger partial charge in [0.15, 0.2) is 0 Å². The second-order valence-electron chi connectivity index (χ2n) is 5.70. The highest BCUT2D eigenvalue weighted by molar-refractivity contribution is 7.13. The molecule has 0 unspecified atom stereocenters. The van der Waals surface area contributed by atoms with Crippen molar-refractivity contribution in [3.05, 3.63) is 59.3 Å². The molecule has 2 aromatic heterocycles. The van der Waals surface area contributed by atoms with E-state index in [4.69, 9.17) is 4.52 Å². The molecular formula is C19H21N3O2S. The second-order valence-corrected chi connectivity index (χ2v) is 6.65. The van der Waals surface area contributed by atoms with E-state index in [-0.39, 0.29) is 5.91 Å². The summed E-state index contributed by atoms with van der Waals surface area (Å²) in [5, 5.41) is 5.95. The molecule has 0 fully saturated rings. The van der Waals surface area contributed by atoms with Gasteiger partial charge in [0.25, 0.3) is 0 Å². The summed E-state index contributed by atoms with van der Waals surface area (Å²) in [6.07, 6.45) is 1.72. The molecule has 0 saturated carbocycles. The molecule has 25 heavy (non-hydrogen) atoms. The normalized spacial score (nSPS) is 10.8. The predicted molar refractivity (Wildman–Crippen MR) is 98.3 cm³/mol. The zero-order valence-electron chi connectivity index (χ0n) is 14.2. The Bertz CT molecular complexity index is 784. The Kier molecular flexibility index (Phi) is 5.95. The van der Waals surface area contributed by atoms with Gasteiger partial charge in [0.05, 0.1) is 4.88 Å². The number of rotatable bonds is 8. The fraction of sp³-hybridized carbons (Fsp3) is 0.316. The maximum atomic E-state index is 12.4. The van der Waals surface area contributed by atoms with E-state index in [1.54, 1.807) is 11.3 Å². The third-order valence-corrected chi connectivity index (χ3v) is 4.88. The van der Waals surface area contributed by atoms with Gasteiger partial charge in [0.1, 0.15) is 0 Å². The number of likely N-dealkylation sites (N-methyl/N-ethyl adjacent to an activating group) is 1. The Morgan fingerprint density at radius 1 is 1.16 bits per heavy atom. The number of aromatic nitrogens is 2. The molecule has 0 radical (unpaired) electrons. The number of amides is 1. The summed E-state index contributed by atoms with van der Waals surface area (Å²) >= 11 is 1.57. The fourth-order valence-electron chi connectivity index (χ4n) is 2.60. The number of carbonyl (C=O) groups is 1. The highest BCUT2D eigenvalue weighted by Crippen LogP contribution is 2.21. The summed E-state index contributed by atoms with van der Waals surface area (Å²) in [5.74, 6) is 1.22. The lowest BCUT2D eigenvalue weighted by atomic mass is 10.1. The van der Waals surface area contributed by atoms with Crippen LogP contribution in [0.5, 0.6) is 0 Å². The molecule has 0 aliphatic rings. The van der Waals surface area contributed by atoms with Crippen molar-refractivity contribution in [3.63, 3.8) is 0 Å². The van der Waals surface area contributed by atoms with Crippen LogP contribution >= 0.6 is 11.3 Å². The highest BCUT2D eigenvalue weighted by Gasteiger charge is 2.15. The van der Waals surface area contributed by atoms with Gasteiger partial charge in [-0.2, -0.15) is 4.98 Å². The first-order valence-corrected chi connectivity index (χ1v) is 9.32. The molecule has 1 amide bonds. The molecule has 0 aliphatic carbocycles. The van der Waals surface area contributed by atoms with E-state index in [9.17, 15) is 4.79 Å². The van der Waals surface area contributed by atoms with Crippen molar-refractivity contribution >= 4 is 17.2 Å². The lowest BCUT2D eigenvalue weighted by Crippen LogP contribution is -2.32. The van der Waals surface area contributed by atoms with Gasteiger partial charge in [0, 0.05) is 25.9 Å². The zero-order valence-corrected chi connectivity index (χ0v) is 15.0. The van der Waals surface area contributed by atoms with Crippen molar-refractivity contribution in [2.75, 3.05) is 13.1 Å². The summed E-state index contributed by atoms with van der Waals surface area (Å²) in [7, 11) is 0. The van der Waals surface area contributed by atoms with Crippen molar-refractivity contribution in [1.82, 2.24) is 15.0 Å². The molecule has 0 aliphatic heterocycles. The Morgan fingerprint density at radius 3 is 2.72 bits per heavy atom. The molecule has 0 bridgehead atoms. The number of carbonyl (C=O) groups excluding carboxylic acids is 1. The van der Waals surface area contributed by atoms with E-state index in [1.807, 2.05) is 47.5 Å². The molecule has 3 rings (SSSR count). The van der Waals surface area contributed by atoms with E-state index in [0.29, 0.717) is 31.1 Å². The molecule has 2 heterocycles. The van der Waals surface area contributed by atoms with Crippen molar-refractivity contribution in [3.8, 4) is 10.7 Å². The molecule has 1 aromatic carbocycles. The molecule has 0 saturated heterocycles. The predicted octanol–water partition coefficient (Wildman–Crippen LogP) is 3.82. The van der Waals surface area contributed by atoms with Crippen molar-refractivity contribution in [2.45, 2.75) is 26.2 Å². The van der Waals surface area contributed by atoms with Crippen molar-refractivity contribution < 1.29 is 9.32 Å². The maximum Gasteiger partial charge on any atom is 0.227 e. The molecule has 5 nitrogen and oxygen atoms in total. The summed E-state index contributed by atoms with van der Waals surface area (Å²) in [6.45, 7) is 3.43. The first kappa shape index (κ1) is 17.4. The molecular weight excluding hydrogens is 334 g/mol. The first-order valence-electron chi connectivity index (χ1n) is 8.44. The number of thiophene rings is 1. The van der Waals surface area contributed by atoms with Gasteiger partial charge in [-0.3, -0.25) is 4.79 Å². The minimum absolute atomic E-state index is 0.120. The van der Waals surface area contributed by atoms with Crippen LogP contribution in [0.2, 0.25) is 0 Å². The Morgan fingerprint density at radius 2 is 2.00 bits per heavy atom. The van der Waals surface area contributed by atoms with Gasteiger partial charge in [-0.15, -0.1) is 11.3 Å². The van der Waals surface area contributed by atoms with Crippen LogP contribution in [0.25, 0.3) is 10.7 Å². The monoisotopic (exact) mass is 355 g/mol. The Balaban J connectivity index is 1.50. The van der Waals surface area contributed by atoms with Gasteiger partial charge in [-0.25, -0.2) is 0 Å². The van der Waals surface area contributed by atoms with Crippen LogP contribution in [0.4, 0.5) is 0 Å². The fourth-order valence-corrected chi connectivity index (χ4v) is 3.25. The van der Waals surface area contributed by atoms with Gasteiger partial charge in [-0.05, 0) is 30.4 Å². The summed E-state index contributed by atoms with van der Waals surface area (Å²) in [5.41, 5.74) is 1.24. The van der Waals surface area contributed by atoms with Crippen LogP contribution in [0, 0.1) is 0 Å². The standard InChI is InChI=1S/C19H21N3O2S/c1-2-22(13-12-15-7-4-3-5-8-15)18(23)11-10-17-20-19(21-24-17)16-9-6-14-25-16/h3-9,14H,2,10-13H2,1H3. The van der Waals surface area contributed by atoms with Crippen LogP contribution in [-0.2, 0) is 17.6 Å². The van der Waals surface area contributed by atoms with E-state index in [1.165, 1.54) is 5.56 Å². The van der Waals surface area contributed by atoms with E-state index in [0.717, 1.165) is 17.8 Å². The van der Waals surface area contributed by atoms with E-state index < -0.39 is 0 Å². The molecule has 3 aromatic rings. The van der Waals surface area contributed by atoms with E-state index >= 15 is 0 Å². The number of benzene rings is 1. The van der Waals surface area contributed by atoms with Crippen LogP contribution in [0.15, 0.2) is 52.4 Å². The van der Waals surface area contributed by atoms with Crippen molar-refractivity contribution in [1.29, 1.82) is 0 Å². The summed E-state index contributed by atoms with van der Waals surface area (Å²) in [4.78, 5) is 19.7. The lowest BCUT2D eigenvalue weighted by Gasteiger charge is -2.20. The average Bonchev–Trinajstić information content (AvgIpc) is 3.33. The summed E-state index contributed by atoms with van der Waals surface area (Å²) < 4.78 is 5.26. The molecule has 6 heteroatoms. The Hall–Kier alpha value is -2.47. The minimum atomic E-state index is 0.120. The number of nitrogens with zero attached hydrogens (tertiary/aromatic N) is 3. The molecule has 0 atom stereocenters.